The maximum absolute atomic E-state index is 12.0. The van der Waals surface area contributed by atoms with Crippen LogP contribution < -0.4 is 20.9 Å². The Balaban J connectivity index is 1.56. The lowest BCUT2D eigenvalue weighted by Gasteiger charge is -2.15. The minimum absolute atomic E-state index is 0.121. The number of nitrogens with zero attached hydrogens (tertiary/aromatic N) is 1. The van der Waals surface area contributed by atoms with Gasteiger partial charge in [0.25, 0.3) is 5.91 Å². The van der Waals surface area contributed by atoms with Crippen molar-refractivity contribution in [3.8, 4) is 0 Å². The molecule has 4 amide bonds. The Labute approximate surface area is 149 Å². The smallest absolute Gasteiger partial charge is 0.321 e. The zero-order valence-electron chi connectivity index (χ0n) is 13.7. The second-order valence-electron chi connectivity index (χ2n) is 5.58. The molecule has 1 aliphatic rings. The van der Waals surface area contributed by atoms with E-state index in [1.165, 1.54) is 11.3 Å². The fraction of sp³-hybridized carbons (Fsp3) is 0.235. The van der Waals surface area contributed by atoms with Gasteiger partial charge in [0.05, 0.1) is 11.4 Å². The van der Waals surface area contributed by atoms with Crippen LogP contribution in [0.2, 0.25) is 0 Å². The second kappa shape index (κ2) is 7.35. The lowest BCUT2D eigenvalue weighted by molar-refractivity contribution is -0.115. The number of carbonyl (C=O) groups excluding carboxylic acids is 3. The summed E-state index contributed by atoms with van der Waals surface area (Å²) in [6.07, 6.45) is 0. The Morgan fingerprint density at radius 3 is 2.80 bits per heavy atom. The van der Waals surface area contributed by atoms with Gasteiger partial charge in [0.15, 0.2) is 0 Å². The highest BCUT2D eigenvalue weighted by Crippen LogP contribution is 2.21. The molecular weight excluding hydrogens is 340 g/mol. The fourth-order valence-electron chi connectivity index (χ4n) is 2.48. The first-order valence-corrected chi connectivity index (χ1v) is 8.64. The van der Waals surface area contributed by atoms with Crippen LogP contribution in [0.25, 0.3) is 0 Å². The predicted molar refractivity (Wildman–Crippen MR) is 97.2 cm³/mol. The summed E-state index contributed by atoms with van der Waals surface area (Å²) in [5.41, 5.74) is 1.29. The summed E-state index contributed by atoms with van der Waals surface area (Å²) >= 11 is 1.38. The minimum Gasteiger partial charge on any atom is -0.342 e. The van der Waals surface area contributed by atoms with Crippen molar-refractivity contribution < 1.29 is 14.4 Å². The predicted octanol–water partition coefficient (Wildman–Crippen LogP) is 1.95. The van der Waals surface area contributed by atoms with Gasteiger partial charge in [-0.15, -0.1) is 11.3 Å². The van der Waals surface area contributed by atoms with Crippen LogP contribution in [0.5, 0.6) is 0 Å². The largest absolute Gasteiger partial charge is 0.342 e. The number of nitrogens with one attached hydrogen (secondary N) is 3. The molecule has 8 heteroatoms. The van der Waals surface area contributed by atoms with Crippen molar-refractivity contribution in [2.75, 3.05) is 29.9 Å². The Morgan fingerprint density at radius 2 is 2.12 bits per heavy atom. The van der Waals surface area contributed by atoms with E-state index in [-0.39, 0.29) is 24.4 Å². The number of hydrogen-bond acceptors (Lipinski definition) is 4. The van der Waals surface area contributed by atoms with Gasteiger partial charge in [0, 0.05) is 29.3 Å². The van der Waals surface area contributed by atoms with Gasteiger partial charge in [-0.25, -0.2) is 4.79 Å². The first kappa shape index (κ1) is 17.0. The lowest BCUT2D eigenvalue weighted by Crippen LogP contribution is -2.32. The van der Waals surface area contributed by atoms with Gasteiger partial charge in [-0.1, -0.05) is 6.07 Å². The van der Waals surface area contributed by atoms with E-state index in [2.05, 4.69) is 16.0 Å². The van der Waals surface area contributed by atoms with Crippen LogP contribution in [0.3, 0.4) is 0 Å². The van der Waals surface area contributed by atoms with Crippen LogP contribution in [-0.2, 0) is 4.79 Å². The molecule has 3 N–H and O–H groups in total. The molecule has 2 aromatic rings. The number of carbonyl (C=O) groups is 3. The molecule has 0 unspecified atom stereocenters. The first-order chi connectivity index (χ1) is 12.0. The van der Waals surface area contributed by atoms with E-state index in [9.17, 15) is 14.4 Å². The van der Waals surface area contributed by atoms with Gasteiger partial charge in [0.2, 0.25) is 5.91 Å². The highest BCUT2D eigenvalue weighted by Gasteiger charge is 2.21. The highest BCUT2D eigenvalue weighted by atomic mass is 32.1. The Bertz CT molecular complexity index is 818. The summed E-state index contributed by atoms with van der Waals surface area (Å²) in [6.45, 7) is 2.99. The molecule has 0 spiro atoms. The summed E-state index contributed by atoms with van der Waals surface area (Å²) < 4.78 is 0. The number of rotatable bonds is 5. The molecular formula is C17H18N4O3S. The molecule has 0 radical (unpaired) electrons. The zero-order chi connectivity index (χ0) is 17.8. The molecule has 7 nitrogen and oxygen atoms in total. The molecule has 0 atom stereocenters. The maximum Gasteiger partial charge on any atom is 0.321 e. The number of aryl methyl sites for hydroxylation is 1. The van der Waals surface area contributed by atoms with Gasteiger partial charge in [-0.3, -0.25) is 14.5 Å². The number of thiophene rings is 1. The number of amides is 4. The number of urea groups is 1. The number of benzene rings is 1. The molecule has 0 bridgehead atoms. The Morgan fingerprint density at radius 1 is 1.28 bits per heavy atom. The van der Waals surface area contributed by atoms with E-state index in [4.69, 9.17) is 0 Å². The van der Waals surface area contributed by atoms with E-state index >= 15 is 0 Å². The van der Waals surface area contributed by atoms with E-state index in [0.29, 0.717) is 29.3 Å². The second-order valence-corrected chi connectivity index (χ2v) is 6.86. The molecule has 1 aromatic carbocycles. The molecule has 0 saturated carbocycles. The quantitative estimate of drug-likeness (QED) is 0.763. The van der Waals surface area contributed by atoms with Gasteiger partial charge in [-0.05, 0) is 37.3 Å². The number of hydrogen-bond donors (Lipinski definition) is 3. The monoisotopic (exact) mass is 358 g/mol. The minimum atomic E-state index is -0.329. The highest BCUT2D eigenvalue weighted by molar-refractivity contribution is 7.13. The van der Waals surface area contributed by atoms with Crippen molar-refractivity contribution in [2.45, 2.75) is 6.92 Å². The van der Waals surface area contributed by atoms with Crippen LogP contribution in [0.1, 0.15) is 14.5 Å². The Hall–Kier alpha value is -2.87. The summed E-state index contributed by atoms with van der Waals surface area (Å²) in [5, 5.41) is 8.05. The molecule has 25 heavy (non-hydrogen) atoms. The molecule has 1 aliphatic heterocycles. The summed E-state index contributed by atoms with van der Waals surface area (Å²) in [4.78, 5) is 38.9. The Kier molecular flexibility index (Phi) is 4.99. The van der Waals surface area contributed by atoms with Crippen molar-refractivity contribution in [2.24, 2.45) is 0 Å². The third kappa shape index (κ3) is 4.16. The SMILES string of the molecule is Cc1ccc(C(=O)NCC(=O)Nc2cccc(N3CCNC3=O)c2)s1. The molecule has 1 aromatic heterocycles. The van der Waals surface area contributed by atoms with E-state index in [1.54, 1.807) is 29.2 Å². The van der Waals surface area contributed by atoms with Crippen LogP contribution in [-0.4, -0.2) is 37.5 Å². The summed E-state index contributed by atoms with van der Waals surface area (Å²) in [5.74, 6) is -0.597. The van der Waals surface area contributed by atoms with Gasteiger partial charge < -0.3 is 16.0 Å². The topological polar surface area (TPSA) is 90.5 Å². The van der Waals surface area contributed by atoms with Gasteiger partial charge >= 0.3 is 6.03 Å². The average molecular weight is 358 g/mol. The molecule has 1 saturated heterocycles. The maximum atomic E-state index is 12.0. The molecule has 2 heterocycles. The summed E-state index contributed by atoms with van der Waals surface area (Å²) in [6, 6.07) is 10.5. The van der Waals surface area contributed by atoms with Crippen molar-refractivity contribution in [3.05, 3.63) is 46.2 Å². The van der Waals surface area contributed by atoms with E-state index in [0.717, 1.165) is 4.88 Å². The third-order valence-corrected chi connectivity index (χ3v) is 4.67. The normalized spacial score (nSPS) is 13.5. The molecule has 3 rings (SSSR count). The lowest BCUT2D eigenvalue weighted by atomic mass is 10.2. The molecule has 0 aliphatic carbocycles. The average Bonchev–Trinajstić information content (AvgIpc) is 3.21. The van der Waals surface area contributed by atoms with Crippen LogP contribution in [0, 0.1) is 6.92 Å². The molecule has 1 fully saturated rings. The van der Waals surface area contributed by atoms with E-state index in [1.807, 2.05) is 19.1 Å². The van der Waals surface area contributed by atoms with Gasteiger partial charge in [-0.2, -0.15) is 0 Å². The van der Waals surface area contributed by atoms with Crippen molar-refractivity contribution in [1.82, 2.24) is 10.6 Å². The van der Waals surface area contributed by atoms with E-state index < -0.39 is 0 Å². The molecule has 130 valence electrons. The summed E-state index contributed by atoms with van der Waals surface area (Å²) in [7, 11) is 0. The van der Waals surface area contributed by atoms with Crippen molar-refractivity contribution in [3.63, 3.8) is 0 Å². The number of anilines is 2. The van der Waals surface area contributed by atoms with Crippen LogP contribution in [0.4, 0.5) is 16.2 Å². The van der Waals surface area contributed by atoms with Crippen LogP contribution in [0.15, 0.2) is 36.4 Å². The zero-order valence-corrected chi connectivity index (χ0v) is 14.5. The fourth-order valence-corrected chi connectivity index (χ4v) is 3.26. The standard InChI is InChI=1S/C17H18N4O3S/c1-11-5-6-14(25-11)16(23)19-10-15(22)20-12-3-2-4-13(9-12)21-8-7-18-17(21)24/h2-6,9H,7-8,10H2,1H3,(H,18,24)(H,19,23)(H,20,22). The van der Waals surface area contributed by atoms with Crippen molar-refractivity contribution >= 4 is 40.6 Å². The van der Waals surface area contributed by atoms with Crippen molar-refractivity contribution in [1.29, 1.82) is 0 Å². The first-order valence-electron chi connectivity index (χ1n) is 7.83. The third-order valence-electron chi connectivity index (χ3n) is 3.67. The van der Waals surface area contributed by atoms with Crippen LogP contribution >= 0.6 is 11.3 Å². The van der Waals surface area contributed by atoms with Gasteiger partial charge in [0.1, 0.15) is 0 Å².